The number of allylic oxidation sites excluding steroid dienone is 1. The molecule has 0 aliphatic heterocycles. The second kappa shape index (κ2) is 2.78. The van der Waals surface area contributed by atoms with Crippen molar-refractivity contribution in [2.45, 2.75) is 13.8 Å². The molecule has 0 fully saturated rings. The van der Waals surface area contributed by atoms with E-state index in [0.29, 0.717) is 0 Å². The Bertz CT molecular complexity index is 212. The second-order valence-corrected chi connectivity index (χ2v) is 2.72. The number of aryl methyl sites for hydroxylation is 1. The number of rotatable bonds is 1. The summed E-state index contributed by atoms with van der Waals surface area (Å²) in [6.45, 7) is 4.00. The van der Waals surface area contributed by atoms with Crippen molar-refractivity contribution in [2.75, 3.05) is 0 Å². The number of nitrogens with zero attached hydrogens (tertiary/aromatic N) is 1. The van der Waals surface area contributed by atoms with Crippen molar-refractivity contribution in [3.05, 3.63) is 22.2 Å². The molecule has 0 spiro atoms. The van der Waals surface area contributed by atoms with Crippen molar-refractivity contribution >= 4 is 17.4 Å². The lowest BCUT2D eigenvalue weighted by atomic mass is 10.5. The van der Waals surface area contributed by atoms with Crippen LogP contribution in [0.5, 0.6) is 0 Å². The third-order valence-corrected chi connectivity index (χ3v) is 1.87. The van der Waals surface area contributed by atoms with E-state index in [4.69, 9.17) is 0 Å². The molecule has 0 unspecified atom stereocenters. The maximum absolute atomic E-state index is 4.23. The van der Waals surface area contributed by atoms with E-state index < -0.39 is 0 Å². The van der Waals surface area contributed by atoms with Crippen LogP contribution in [0.2, 0.25) is 0 Å². The predicted molar refractivity (Wildman–Crippen MR) is 41.6 cm³/mol. The van der Waals surface area contributed by atoms with E-state index in [1.54, 1.807) is 11.3 Å². The maximum atomic E-state index is 4.23. The average Bonchev–Trinajstić information content (AvgIpc) is 2.17. The second-order valence-electron chi connectivity index (χ2n) is 1.83. The van der Waals surface area contributed by atoms with Gasteiger partial charge in [0.25, 0.3) is 0 Å². The van der Waals surface area contributed by atoms with Crippen LogP contribution in [0.3, 0.4) is 0 Å². The summed E-state index contributed by atoms with van der Waals surface area (Å²) in [6.07, 6.45) is 4.01. The van der Waals surface area contributed by atoms with Crippen molar-refractivity contribution in [3.63, 3.8) is 0 Å². The minimum atomic E-state index is 1.09. The fourth-order valence-electron chi connectivity index (χ4n) is 0.591. The molecule has 0 radical (unpaired) electrons. The van der Waals surface area contributed by atoms with Crippen LogP contribution in [-0.2, 0) is 0 Å². The molecule has 1 aromatic rings. The Balaban J connectivity index is 2.85. The Morgan fingerprint density at radius 2 is 2.44 bits per heavy atom. The van der Waals surface area contributed by atoms with Gasteiger partial charge in [0.2, 0.25) is 0 Å². The van der Waals surface area contributed by atoms with Gasteiger partial charge in [0.05, 0.1) is 0 Å². The molecule has 2 heteroatoms. The van der Waals surface area contributed by atoms with E-state index in [2.05, 4.69) is 10.4 Å². The molecule has 0 bridgehead atoms. The van der Waals surface area contributed by atoms with Gasteiger partial charge in [-0.05, 0) is 19.9 Å². The van der Waals surface area contributed by atoms with Gasteiger partial charge in [-0.25, -0.2) is 4.98 Å². The highest BCUT2D eigenvalue weighted by Gasteiger charge is 1.89. The molecule has 1 rings (SSSR count). The first kappa shape index (κ1) is 6.49. The summed E-state index contributed by atoms with van der Waals surface area (Å²) in [7, 11) is 0. The number of thiazole rings is 1. The zero-order valence-corrected chi connectivity index (χ0v) is 6.40. The van der Waals surface area contributed by atoms with Gasteiger partial charge >= 0.3 is 0 Å². The lowest BCUT2D eigenvalue weighted by Crippen LogP contribution is -1.68. The predicted octanol–water partition coefficient (Wildman–Crippen LogP) is 2.48. The molecular weight excluding hydrogens is 130 g/mol. The monoisotopic (exact) mass is 139 g/mol. The van der Waals surface area contributed by atoms with Gasteiger partial charge in [0.15, 0.2) is 0 Å². The van der Waals surface area contributed by atoms with Gasteiger partial charge in [-0.1, -0.05) is 6.08 Å². The smallest absolute Gasteiger partial charge is 0.115 e. The number of hydrogen-bond acceptors (Lipinski definition) is 2. The van der Waals surface area contributed by atoms with Crippen LogP contribution in [0.15, 0.2) is 11.5 Å². The highest BCUT2D eigenvalue weighted by molar-refractivity contribution is 7.10. The molecule has 0 saturated heterocycles. The first-order valence-corrected chi connectivity index (χ1v) is 3.75. The molecule has 1 aromatic heterocycles. The van der Waals surface area contributed by atoms with Gasteiger partial charge in [0.1, 0.15) is 5.01 Å². The van der Waals surface area contributed by atoms with Gasteiger partial charge in [0, 0.05) is 11.1 Å². The summed E-state index contributed by atoms with van der Waals surface area (Å²) in [5, 5.41) is 3.14. The molecule has 0 aliphatic carbocycles. The highest BCUT2D eigenvalue weighted by Crippen LogP contribution is 2.09. The van der Waals surface area contributed by atoms with Crippen LogP contribution in [0.1, 0.15) is 17.6 Å². The summed E-state index contributed by atoms with van der Waals surface area (Å²) in [5.41, 5.74) is 1.10. The zero-order valence-electron chi connectivity index (χ0n) is 5.59. The van der Waals surface area contributed by atoms with Crippen LogP contribution in [0.4, 0.5) is 0 Å². The summed E-state index contributed by atoms with van der Waals surface area (Å²) in [5.74, 6) is 0. The third-order valence-electron chi connectivity index (χ3n) is 0.946. The van der Waals surface area contributed by atoms with Gasteiger partial charge in [-0.2, -0.15) is 0 Å². The Kier molecular flexibility index (Phi) is 2.01. The summed E-state index contributed by atoms with van der Waals surface area (Å²) < 4.78 is 0. The lowest BCUT2D eigenvalue weighted by molar-refractivity contribution is 1.25. The van der Waals surface area contributed by atoms with Gasteiger partial charge in [-0.15, -0.1) is 11.3 Å². The topological polar surface area (TPSA) is 12.9 Å². The summed E-state index contributed by atoms with van der Waals surface area (Å²) in [4.78, 5) is 4.23. The normalized spacial score (nSPS) is 10.9. The molecule has 0 amide bonds. The number of aromatic nitrogens is 1. The summed E-state index contributed by atoms with van der Waals surface area (Å²) in [6, 6.07) is 0. The minimum Gasteiger partial charge on any atom is -0.242 e. The molecule has 48 valence electrons. The highest BCUT2D eigenvalue weighted by atomic mass is 32.1. The largest absolute Gasteiger partial charge is 0.242 e. The maximum Gasteiger partial charge on any atom is 0.115 e. The standard InChI is InChI=1S/C7H9NS/c1-3-4-7-8-6(2)5-9-7/h3-5H,1-2H3/b4-3+. The molecule has 0 atom stereocenters. The Hall–Kier alpha value is -0.630. The molecule has 0 N–H and O–H groups in total. The van der Waals surface area contributed by atoms with Crippen molar-refractivity contribution in [1.29, 1.82) is 0 Å². The van der Waals surface area contributed by atoms with Crippen LogP contribution in [-0.4, -0.2) is 4.98 Å². The van der Waals surface area contributed by atoms with E-state index in [9.17, 15) is 0 Å². The molecule has 0 aromatic carbocycles. The zero-order chi connectivity index (χ0) is 6.69. The minimum absolute atomic E-state index is 1.09. The fraction of sp³-hybridized carbons (Fsp3) is 0.286. The SMILES string of the molecule is C/C=C/c1nc(C)cs1. The van der Waals surface area contributed by atoms with E-state index >= 15 is 0 Å². The van der Waals surface area contributed by atoms with E-state index in [-0.39, 0.29) is 0 Å². The van der Waals surface area contributed by atoms with E-state index in [1.165, 1.54) is 0 Å². The molecular formula is C7H9NS. The molecule has 9 heavy (non-hydrogen) atoms. The van der Waals surface area contributed by atoms with Crippen molar-refractivity contribution < 1.29 is 0 Å². The summed E-state index contributed by atoms with van der Waals surface area (Å²) >= 11 is 1.68. The lowest BCUT2D eigenvalue weighted by Gasteiger charge is -1.76. The van der Waals surface area contributed by atoms with Crippen LogP contribution >= 0.6 is 11.3 Å². The molecule has 0 saturated carbocycles. The van der Waals surface area contributed by atoms with Gasteiger partial charge < -0.3 is 0 Å². The number of hydrogen-bond donors (Lipinski definition) is 0. The van der Waals surface area contributed by atoms with Crippen molar-refractivity contribution in [3.8, 4) is 0 Å². The molecule has 0 aliphatic rings. The first-order chi connectivity index (χ1) is 4.33. The quantitative estimate of drug-likeness (QED) is 0.582. The van der Waals surface area contributed by atoms with E-state index in [0.717, 1.165) is 10.7 Å². The van der Waals surface area contributed by atoms with Crippen LogP contribution in [0, 0.1) is 6.92 Å². The van der Waals surface area contributed by atoms with Crippen LogP contribution < -0.4 is 0 Å². The molecule has 1 nitrogen and oxygen atoms in total. The Morgan fingerprint density at radius 1 is 1.67 bits per heavy atom. The van der Waals surface area contributed by atoms with Crippen LogP contribution in [0.25, 0.3) is 6.08 Å². The third kappa shape index (κ3) is 1.64. The Morgan fingerprint density at radius 3 is 2.89 bits per heavy atom. The Labute approximate surface area is 59.1 Å². The fourth-order valence-corrected chi connectivity index (χ4v) is 1.35. The first-order valence-electron chi connectivity index (χ1n) is 2.88. The van der Waals surface area contributed by atoms with Gasteiger partial charge in [-0.3, -0.25) is 0 Å². The van der Waals surface area contributed by atoms with Crippen molar-refractivity contribution in [2.24, 2.45) is 0 Å². The van der Waals surface area contributed by atoms with E-state index in [1.807, 2.05) is 26.0 Å². The molecule has 1 heterocycles. The van der Waals surface area contributed by atoms with Crippen molar-refractivity contribution in [1.82, 2.24) is 4.98 Å². The average molecular weight is 139 g/mol.